The maximum absolute atomic E-state index is 6.62. The summed E-state index contributed by atoms with van der Waals surface area (Å²) >= 11 is 0. The van der Waals surface area contributed by atoms with Crippen molar-refractivity contribution in [2.24, 2.45) is 9.98 Å². The number of hydrogen-bond acceptors (Lipinski definition) is 4. The average molecular weight is 807 g/mol. The summed E-state index contributed by atoms with van der Waals surface area (Å²) in [7, 11) is 0. The number of rotatable bonds is 3. The number of nitrogens with zero attached hydrogens (tertiary/aromatic N) is 3. The van der Waals surface area contributed by atoms with Crippen LogP contribution in [0.1, 0.15) is 52.4 Å². The maximum Gasteiger partial charge on any atom is 0.211 e. The molecule has 0 saturated carbocycles. The molecule has 0 amide bonds. The van der Waals surface area contributed by atoms with Crippen molar-refractivity contribution in [3.8, 4) is 22.3 Å². The molecule has 0 bridgehead atoms. The number of hydrogen-bond donors (Lipinski definition) is 1. The molecule has 296 valence electrons. The number of aliphatic imine (C=N–C) groups is 2. The largest absolute Gasteiger partial charge is 0.456 e. The van der Waals surface area contributed by atoms with Crippen LogP contribution in [-0.2, 0) is 5.41 Å². The quantitative estimate of drug-likeness (QED) is 0.193. The Balaban J connectivity index is 0.985. The molecule has 0 fully saturated rings. The molecule has 1 N–H and O–H groups in total. The number of para-hydroxylation sites is 1. The van der Waals surface area contributed by atoms with Gasteiger partial charge in [0.2, 0.25) is 5.96 Å². The highest BCUT2D eigenvalue weighted by atomic mass is 16.3. The highest BCUT2D eigenvalue weighted by molar-refractivity contribution is 6.19. The van der Waals surface area contributed by atoms with Crippen LogP contribution in [0.2, 0.25) is 0 Å². The van der Waals surface area contributed by atoms with E-state index >= 15 is 0 Å². The molecule has 1 atom stereocenters. The van der Waals surface area contributed by atoms with E-state index in [1.54, 1.807) is 0 Å². The Bertz CT molecular complexity index is 3670. The van der Waals surface area contributed by atoms with Crippen molar-refractivity contribution >= 4 is 61.1 Å². The van der Waals surface area contributed by atoms with Crippen LogP contribution in [0.15, 0.2) is 214 Å². The molecule has 1 unspecified atom stereocenters. The third kappa shape index (κ3) is 4.82. The van der Waals surface area contributed by atoms with Gasteiger partial charge in [-0.2, -0.15) is 0 Å². The number of furan rings is 1. The van der Waals surface area contributed by atoms with Crippen LogP contribution >= 0.6 is 0 Å². The van der Waals surface area contributed by atoms with Crippen LogP contribution in [0, 0.1) is 0 Å². The predicted octanol–water partition coefficient (Wildman–Crippen LogP) is 13.7. The number of allylic oxidation sites excluding steroid dienone is 4. The van der Waals surface area contributed by atoms with Gasteiger partial charge in [0.15, 0.2) is 6.17 Å². The number of nitrogens with one attached hydrogen (secondary N) is 1. The lowest BCUT2D eigenvalue weighted by Gasteiger charge is -2.33. The SMILES string of the molecule is C1=CC2=C(CC1)C1(c3cc4c(cc32)c2ccccc2n4C2=NC(c3ccc4c(c3)oc3cc(-c5ccccc5)ccc34)N=C(c3ccccc3)N2)c2ccccc2-c2ccccc21. The van der Waals surface area contributed by atoms with E-state index < -0.39 is 6.17 Å². The average Bonchev–Trinajstić information content (AvgIpc) is 4.06. The minimum Gasteiger partial charge on any atom is -0.456 e. The first kappa shape index (κ1) is 34.7. The minimum absolute atomic E-state index is 0.386. The molecule has 5 heteroatoms. The van der Waals surface area contributed by atoms with E-state index in [-0.39, 0.29) is 5.41 Å². The summed E-state index contributed by atoms with van der Waals surface area (Å²) in [6.07, 6.45) is 6.27. The summed E-state index contributed by atoms with van der Waals surface area (Å²) in [6, 6.07) is 65.7. The van der Waals surface area contributed by atoms with Crippen molar-refractivity contribution in [3.05, 3.63) is 233 Å². The fourth-order valence-electron chi connectivity index (χ4n) is 11.3. The monoisotopic (exact) mass is 806 g/mol. The lowest BCUT2D eigenvalue weighted by atomic mass is 9.68. The maximum atomic E-state index is 6.62. The summed E-state index contributed by atoms with van der Waals surface area (Å²) in [5, 5.41) is 8.32. The molecule has 63 heavy (non-hydrogen) atoms. The molecule has 0 saturated heterocycles. The van der Waals surface area contributed by atoms with Gasteiger partial charge in [0.05, 0.1) is 16.4 Å². The van der Waals surface area contributed by atoms with Gasteiger partial charge < -0.3 is 9.73 Å². The van der Waals surface area contributed by atoms with Gasteiger partial charge >= 0.3 is 0 Å². The lowest BCUT2D eigenvalue weighted by Crippen LogP contribution is -2.39. The standard InChI is InChI=1S/C58H38N4O/c1-3-15-35(16-4-1)37-27-29-43-44-30-28-38(32-54(44)63-53(43)31-37)56-59-55(36-17-5-2-6-18-36)60-57(61-56)62-51-26-14-10-22-42(51)46-33-45-41-21-9-13-25-49(41)58(50(45)34-52(46)62)47-23-11-7-19-39(47)40-20-8-12-24-48(40)58/h1-12,14-24,26-34,56H,13,25H2,(H,59,60,61). The van der Waals surface area contributed by atoms with Crippen LogP contribution in [0.5, 0.6) is 0 Å². The molecule has 14 rings (SSSR count). The third-order valence-corrected chi connectivity index (χ3v) is 14.0. The fraction of sp³-hybridized carbons (Fsp3) is 0.0690. The van der Waals surface area contributed by atoms with Gasteiger partial charge in [0.25, 0.3) is 0 Å². The van der Waals surface area contributed by atoms with Crippen LogP contribution in [0.4, 0.5) is 0 Å². The van der Waals surface area contributed by atoms with Gasteiger partial charge in [0.1, 0.15) is 17.0 Å². The zero-order chi connectivity index (χ0) is 41.2. The normalized spacial score (nSPS) is 16.9. The number of amidine groups is 1. The van der Waals surface area contributed by atoms with E-state index in [2.05, 4.69) is 192 Å². The summed E-state index contributed by atoms with van der Waals surface area (Å²) in [6.45, 7) is 0. The second-order valence-electron chi connectivity index (χ2n) is 17.2. The lowest BCUT2D eigenvalue weighted by molar-refractivity contribution is 0.665. The topological polar surface area (TPSA) is 54.8 Å². The molecule has 8 aromatic carbocycles. The van der Waals surface area contributed by atoms with E-state index in [1.807, 2.05) is 12.1 Å². The Hall–Kier alpha value is -8.02. The van der Waals surface area contributed by atoms with Crippen LogP contribution in [-0.4, -0.2) is 16.4 Å². The number of benzene rings is 8. The van der Waals surface area contributed by atoms with Crippen LogP contribution in [0.25, 0.3) is 71.6 Å². The van der Waals surface area contributed by atoms with Crippen molar-refractivity contribution in [2.75, 3.05) is 0 Å². The second kappa shape index (κ2) is 13.0. The fourth-order valence-corrected chi connectivity index (χ4v) is 11.3. The Labute approximate surface area is 363 Å². The zero-order valence-electron chi connectivity index (χ0n) is 34.2. The predicted molar refractivity (Wildman–Crippen MR) is 257 cm³/mol. The zero-order valence-corrected chi connectivity index (χ0v) is 34.2. The van der Waals surface area contributed by atoms with Crippen LogP contribution in [0.3, 0.4) is 0 Å². The van der Waals surface area contributed by atoms with E-state index in [0.717, 1.165) is 79.9 Å². The molecule has 3 aliphatic carbocycles. The van der Waals surface area contributed by atoms with Gasteiger partial charge in [0, 0.05) is 32.7 Å². The van der Waals surface area contributed by atoms with E-state index in [1.165, 1.54) is 55.3 Å². The molecule has 10 aromatic rings. The van der Waals surface area contributed by atoms with Gasteiger partial charge in [-0.05, 0) is 105 Å². The molecule has 0 radical (unpaired) electrons. The number of aromatic nitrogens is 1. The highest BCUT2D eigenvalue weighted by Crippen LogP contribution is 2.64. The van der Waals surface area contributed by atoms with E-state index in [4.69, 9.17) is 14.4 Å². The van der Waals surface area contributed by atoms with Crippen LogP contribution < -0.4 is 5.32 Å². The van der Waals surface area contributed by atoms with Crippen molar-refractivity contribution in [1.29, 1.82) is 0 Å². The molecule has 4 aliphatic rings. The van der Waals surface area contributed by atoms with Crippen molar-refractivity contribution in [2.45, 2.75) is 24.4 Å². The molecule has 1 aliphatic heterocycles. The first-order valence-electron chi connectivity index (χ1n) is 21.9. The molecule has 3 heterocycles. The Kier molecular flexibility index (Phi) is 7.15. The summed E-state index contributed by atoms with van der Waals surface area (Å²) < 4.78 is 8.97. The van der Waals surface area contributed by atoms with E-state index in [0.29, 0.717) is 0 Å². The molecular formula is C58H38N4O. The first-order chi connectivity index (χ1) is 31.2. The number of fused-ring (bicyclic) bond motifs is 15. The van der Waals surface area contributed by atoms with Gasteiger partial charge in [-0.25, -0.2) is 9.98 Å². The van der Waals surface area contributed by atoms with E-state index in [9.17, 15) is 0 Å². The first-order valence-corrected chi connectivity index (χ1v) is 21.9. The Morgan fingerprint density at radius 3 is 2.00 bits per heavy atom. The summed E-state index contributed by atoms with van der Waals surface area (Å²) in [5.41, 5.74) is 18.7. The molecular weight excluding hydrogens is 769 g/mol. The van der Waals surface area contributed by atoms with Crippen molar-refractivity contribution in [3.63, 3.8) is 0 Å². The van der Waals surface area contributed by atoms with Gasteiger partial charge in [-0.15, -0.1) is 0 Å². The summed E-state index contributed by atoms with van der Waals surface area (Å²) in [4.78, 5) is 10.9. The Morgan fingerprint density at radius 2 is 1.21 bits per heavy atom. The second-order valence-corrected chi connectivity index (χ2v) is 17.2. The van der Waals surface area contributed by atoms with Crippen molar-refractivity contribution < 1.29 is 4.42 Å². The highest BCUT2D eigenvalue weighted by Gasteiger charge is 2.52. The van der Waals surface area contributed by atoms with Gasteiger partial charge in [-0.1, -0.05) is 158 Å². The third-order valence-electron chi connectivity index (χ3n) is 14.0. The molecule has 5 nitrogen and oxygen atoms in total. The minimum atomic E-state index is -0.529. The summed E-state index contributed by atoms with van der Waals surface area (Å²) in [5.74, 6) is 1.50. The Morgan fingerprint density at radius 1 is 0.524 bits per heavy atom. The molecule has 1 spiro atoms. The molecule has 2 aromatic heterocycles. The van der Waals surface area contributed by atoms with Crippen molar-refractivity contribution in [1.82, 2.24) is 9.88 Å². The van der Waals surface area contributed by atoms with Gasteiger partial charge in [-0.3, -0.25) is 4.57 Å². The smallest absolute Gasteiger partial charge is 0.211 e.